The number of nitrogens with zero attached hydrogens (tertiary/aromatic N) is 2. The molecule has 4 heterocycles. The molecule has 1 aromatic carbocycles. The van der Waals surface area contributed by atoms with Crippen molar-refractivity contribution in [2.24, 2.45) is 5.92 Å². The van der Waals surface area contributed by atoms with Gasteiger partial charge in [-0.2, -0.15) is 0 Å². The Kier molecular flexibility index (Phi) is 4.81. The molecule has 8 heteroatoms. The predicted octanol–water partition coefficient (Wildman–Crippen LogP) is 3.19. The number of aromatic amines is 1. The van der Waals surface area contributed by atoms with E-state index in [0.29, 0.717) is 49.3 Å². The molecular weight excluding hydrogens is 388 g/mol. The molecule has 0 spiro atoms. The first-order chi connectivity index (χ1) is 14.2. The Labute approximate surface area is 172 Å². The average Bonchev–Trinajstić information content (AvgIpc) is 3.45. The number of carbonyl (C=O) groups is 2. The van der Waals surface area contributed by atoms with Gasteiger partial charge in [0, 0.05) is 48.4 Å². The third-order valence-corrected chi connectivity index (χ3v) is 6.52. The van der Waals surface area contributed by atoms with E-state index in [1.54, 1.807) is 0 Å². The first-order valence-electron chi connectivity index (χ1n) is 9.89. The van der Waals surface area contributed by atoms with Gasteiger partial charge in [-0.25, -0.2) is 4.98 Å². The topological polar surface area (TPSA) is 87.3 Å². The van der Waals surface area contributed by atoms with Crippen molar-refractivity contribution in [3.63, 3.8) is 0 Å². The molecule has 2 aromatic heterocycles. The molecule has 3 aromatic rings. The van der Waals surface area contributed by atoms with Gasteiger partial charge < -0.3 is 19.9 Å². The van der Waals surface area contributed by atoms with Gasteiger partial charge in [-0.15, -0.1) is 0 Å². The van der Waals surface area contributed by atoms with Crippen LogP contribution in [0.3, 0.4) is 0 Å². The summed E-state index contributed by atoms with van der Waals surface area (Å²) in [5.74, 6) is 0.277. The molecule has 1 fully saturated rings. The Morgan fingerprint density at radius 2 is 2.24 bits per heavy atom. The zero-order valence-corrected chi connectivity index (χ0v) is 16.8. The van der Waals surface area contributed by atoms with Crippen molar-refractivity contribution in [1.82, 2.24) is 14.9 Å². The molecule has 2 N–H and O–H groups in total. The van der Waals surface area contributed by atoms with Gasteiger partial charge in [0.2, 0.25) is 5.91 Å². The molecule has 5 rings (SSSR count). The number of aromatic nitrogens is 2. The molecule has 0 bridgehead atoms. The number of H-pyrrole nitrogens is 1. The van der Waals surface area contributed by atoms with E-state index in [9.17, 15) is 9.59 Å². The number of para-hydroxylation sites is 1. The maximum Gasteiger partial charge on any atom is 0.270 e. The first kappa shape index (κ1) is 18.3. The van der Waals surface area contributed by atoms with E-state index in [2.05, 4.69) is 15.3 Å². The zero-order chi connectivity index (χ0) is 19.8. The maximum atomic E-state index is 13.0. The summed E-state index contributed by atoms with van der Waals surface area (Å²) in [4.78, 5) is 35.9. The van der Waals surface area contributed by atoms with E-state index < -0.39 is 0 Å². The van der Waals surface area contributed by atoms with E-state index in [1.807, 2.05) is 35.2 Å². The summed E-state index contributed by atoms with van der Waals surface area (Å²) < 4.78 is 5.33. The van der Waals surface area contributed by atoms with Crippen LogP contribution in [0.25, 0.3) is 10.9 Å². The number of carbonyl (C=O) groups excluding carboxylic acids is 2. The Bertz CT molecular complexity index is 1030. The van der Waals surface area contributed by atoms with Gasteiger partial charge in [0.1, 0.15) is 5.69 Å². The third-order valence-electron chi connectivity index (χ3n) is 5.52. The number of ether oxygens (including phenoxy) is 1. The molecule has 7 nitrogen and oxygen atoms in total. The maximum absolute atomic E-state index is 13.0. The average molecular weight is 410 g/mol. The highest BCUT2D eigenvalue weighted by molar-refractivity contribution is 7.15. The van der Waals surface area contributed by atoms with E-state index in [1.165, 1.54) is 11.3 Å². The molecule has 0 radical (unpaired) electrons. The Balaban J connectivity index is 1.25. The van der Waals surface area contributed by atoms with Crippen molar-refractivity contribution in [3.8, 4) is 0 Å². The minimum atomic E-state index is -0.0161. The predicted molar refractivity (Wildman–Crippen MR) is 111 cm³/mol. The van der Waals surface area contributed by atoms with Crippen LogP contribution >= 0.6 is 11.3 Å². The number of thiazole rings is 1. The number of amides is 2. The Morgan fingerprint density at radius 3 is 3.07 bits per heavy atom. The molecule has 0 aliphatic carbocycles. The highest BCUT2D eigenvalue weighted by atomic mass is 32.1. The fraction of sp³-hybridized carbons (Fsp3) is 0.381. The lowest BCUT2D eigenvalue weighted by molar-refractivity contribution is -0.117. The summed E-state index contributed by atoms with van der Waals surface area (Å²) >= 11 is 1.46. The molecule has 2 aliphatic rings. The molecular formula is C21H22N4O3S. The van der Waals surface area contributed by atoms with Crippen LogP contribution in [0, 0.1) is 5.92 Å². The van der Waals surface area contributed by atoms with E-state index in [-0.39, 0.29) is 11.8 Å². The fourth-order valence-electron chi connectivity index (χ4n) is 3.96. The molecule has 2 amide bonds. The zero-order valence-electron chi connectivity index (χ0n) is 15.9. The van der Waals surface area contributed by atoms with Gasteiger partial charge in [0.05, 0.1) is 12.2 Å². The van der Waals surface area contributed by atoms with Crippen LogP contribution in [0.4, 0.5) is 5.13 Å². The molecule has 2 aliphatic heterocycles. The van der Waals surface area contributed by atoms with Crippen LogP contribution in [0.2, 0.25) is 0 Å². The number of hydrogen-bond donors (Lipinski definition) is 2. The minimum absolute atomic E-state index is 0.00734. The summed E-state index contributed by atoms with van der Waals surface area (Å²) in [5, 5.41) is 4.58. The summed E-state index contributed by atoms with van der Waals surface area (Å²) in [6.45, 7) is 2.54. The molecule has 1 saturated heterocycles. The summed E-state index contributed by atoms with van der Waals surface area (Å²) in [5.41, 5.74) is 2.55. The monoisotopic (exact) mass is 410 g/mol. The van der Waals surface area contributed by atoms with Crippen LogP contribution in [0.1, 0.15) is 33.9 Å². The summed E-state index contributed by atoms with van der Waals surface area (Å²) in [6.07, 6.45) is 2.10. The van der Waals surface area contributed by atoms with Gasteiger partial charge in [-0.3, -0.25) is 9.59 Å². The largest absolute Gasteiger partial charge is 0.381 e. The Hall–Kier alpha value is -2.71. The van der Waals surface area contributed by atoms with Gasteiger partial charge in [-0.05, 0) is 24.5 Å². The second kappa shape index (κ2) is 7.61. The van der Waals surface area contributed by atoms with Gasteiger partial charge in [-0.1, -0.05) is 29.5 Å². The second-order valence-electron chi connectivity index (χ2n) is 7.62. The van der Waals surface area contributed by atoms with Crippen LogP contribution in [-0.2, 0) is 22.5 Å². The number of nitrogens with one attached hydrogen (secondary N) is 2. The SMILES string of the molecule is O=C(CC1CCOC1)Nc1nc2c(s1)CN(C(=O)c1cc3ccccc3[nH]1)CC2. The summed E-state index contributed by atoms with van der Waals surface area (Å²) in [6, 6.07) is 9.78. The normalized spacial score (nSPS) is 18.8. The quantitative estimate of drug-likeness (QED) is 0.692. The Morgan fingerprint density at radius 1 is 1.34 bits per heavy atom. The fourth-order valence-corrected chi connectivity index (χ4v) is 5.00. The number of rotatable bonds is 4. The minimum Gasteiger partial charge on any atom is -0.381 e. The van der Waals surface area contributed by atoms with Crippen molar-refractivity contribution in [3.05, 3.63) is 46.6 Å². The standard InChI is InChI=1S/C21H22N4O3S/c26-19(9-13-6-8-28-12-13)24-21-23-16-5-7-25(11-18(16)29-21)20(27)17-10-14-3-1-2-4-15(14)22-17/h1-4,10,13,22H,5-9,11-12H2,(H,23,24,26). The summed E-state index contributed by atoms with van der Waals surface area (Å²) in [7, 11) is 0. The van der Waals surface area contributed by atoms with Crippen molar-refractivity contribution in [2.45, 2.75) is 25.8 Å². The molecule has 150 valence electrons. The number of hydrogen-bond acceptors (Lipinski definition) is 5. The van der Waals surface area contributed by atoms with Crippen LogP contribution in [-0.4, -0.2) is 46.4 Å². The second-order valence-corrected chi connectivity index (χ2v) is 8.70. The molecule has 0 saturated carbocycles. The number of anilines is 1. The molecule has 1 unspecified atom stereocenters. The third kappa shape index (κ3) is 3.77. The number of fused-ring (bicyclic) bond motifs is 2. The first-order valence-corrected chi connectivity index (χ1v) is 10.7. The van der Waals surface area contributed by atoms with Crippen LogP contribution in [0.15, 0.2) is 30.3 Å². The van der Waals surface area contributed by atoms with E-state index in [0.717, 1.165) is 34.5 Å². The van der Waals surface area contributed by atoms with E-state index in [4.69, 9.17) is 4.74 Å². The lowest BCUT2D eigenvalue weighted by Crippen LogP contribution is -2.35. The van der Waals surface area contributed by atoms with Gasteiger partial charge in [0.15, 0.2) is 5.13 Å². The van der Waals surface area contributed by atoms with Crippen molar-refractivity contribution in [2.75, 3.05) is 25.1 Å². The smallest absolute Gasteiger partial charge is 0.270 e. The number of benzene rings is 1. The molecule has 29 heavy (non-hydrogen) atoms. The van der Waals surface area contributed by atoms with Crippen molar-refractivity contribution in [1.29, 1.82) is 0 Å². The lowest BCUT2D eigenvalue weighted by atomic mass is 10.1. The lowest BCUT2D eigenvalue weighted by Gasteiger charge is -2.25. The highest BCUT2D eigenvalue weighted by Gasteiger charge is 2.26. The van der Waals surface area contributed by atoms with Gasteiger partial charge in [0.25, 0.3) is 5.91 Å². The van der Waals surface area contributed by atoms with E-state index >= 15 is 0 Å². The van der Waals surface area contributed by atoms with Crippen molar-refractivity contribution >= 4 is 39.2 Å². The molecule has 1 atom stereocenters. The van der Waals surface area contributed by atoms with Crippen molar-refractivity contribution < 1.29 is 14.3 Å². The van der Waals surface area contributed by atoms with Gasteiger partial charge >= 0.3 is 0 Å². The van der Waals surface area contributed by atoms with Crippen LogP contribution < -0.4 is 5.32 Å². The highest BCUT2D eigenvalue weighted by Crippen LogP contribution is 2.30. The van der Waals surface area contributed by atoms with Crippen LogP contribution in [0.5, 0.6) is 0 Å².